The van der Waals surface area contributed by atoms with Crippen LogP contribution < -0.4 is 16.6 Å². The molecule has 3 N–H and O–H groups in total. The van der Waals surface area contributed by atoms with Crippen LogP contribution in [0.15, 0.2) is 41.2 Å². The first kappa shape index (κ1) is 15.9. The van der Waals surface area contributed by atoms with Gasteiger partial charge in [-0.1, -0.05) is 12.1 Å². The van der Waals surface area contributed by atoms with E-state index in [-0.39, 0.29) is 5.56 Å². The smallest absolute Gasteiger partial charge is 0.261 e. The molecule has 1 amide bonds. The molecule has 0 saturated heterocycles. The minimum absolute atomic E-state index is 0.0289. The molecule has 2 heterocycles. The molecule has 1 saturated carbocycles. The van der Waals surface area contributed by atoms with E-state index in [2.05, 4.69) is 5.32 Å². The quantitative estimate of drug-likeness (QED) is 0.735. The number of pyridine rings is 1. The molecule has 1 aromatic carbocycles. The van der Waals surface area contributed by atoms with E-state index >= 15 is 0 Å². The fraction of sp³-hybridized carbons (Fsp3) is 0.263. The van der Waals surface area contributed by atoms with Gasteiger partial charge in [-0.3, -0.25) is 14.2 Å². The number of aryl methyl sites for hydroxylation is 1. The molecular formula is C19H19N3O2S. The molecule has 0 radical (unpaired) electrons. The van der Waals surface area contributed by atoms with Gasteiger partial charge in [0.2, 0.25) is 0 Å². The lowest BCUT2D eigenvalue weighted by atomic mass is 10.2. The van der Waals surface area contributed by atoms with Crippen molar-refractivity contribution in [2.45, 2.75) is 26.3 Å². The Morgan fingerprint density at radius 3 is 2.80 bits per heavy atom. The molecule has 25 heavy (non-hydrogen) atoms. The van der Waals surface area contributed by atoms with Crippen LogP contribution >= 0.6 is 11.3 Å². The third kappa shape index (κ3) is 3.05. The van der Waals surface area contributed by atoms with Crippen molar-refractivity contribution in [2.24, 2.45) is 11.7 Å². The summed E-state index contributed by atoms with van der Waals surface area (Å²) in [5.74, 6) is 0.0809. The van der Waals surface area contributed by atoms with Crippen LogP contribution in [0.4, 0.5) is 11.4 Å². The predicted octanol–water partition coefficient (Wildman–Crippen LogP) is 3.62. The third-order valence-corrected chi connectivity index (χ3v) is 5.72. The van der Waals surface area contributed by atoms with Crippen molar-refractivity contribution in [2.75, 3.05) is 5.32 Å². The van der Waals surface area contributed by atoms with Gasteiger partial charge in [0.05, 0.1) is 5.69 Å². The molecule has 4 rings (SSSR count). The monoisotopic (exact) mass is 353 g/mol. The van der Waals surface area contributed by atoms with Gasteiger partial charge in [0, 0.05) is 23.7 Å². The number of amides is 1. The SMILES string of the molecule is Cc1cccc(Nc2c(C(N)=O)sc3c2ccc(=O)n3CC2CC2)c1. The second kappa shape index (κ2) is 6.04. The number of carbonyl (C=O) groups is 1. The number of nitrogens with two attached hydrogens (primary N) is 1. The van der Waals surface area contributed by atoms with Gasteiger partial charge in [0.25, 0.3) is 11.5 Å². The lowest BCUT2D eigenvalue weighted by Crippen LogP contribution is -2.19. The summed E-state index contributed by atoms with van der Waals surface area (Å²) in [5, 5.41) is 4.19. The number of nitrogens with zero attached hydrogens (tertiary/aromatic N) is 1. The van der Waals surface area contributed by atoms with E-state index in [1.54, 1.807) is 16.7 Å². The lowest BCUT2D eigenvalue weighted by Gasteiger charge is -2.09. The van der Waals surface area contributed by atoms with Crippen LogP contribution in [0, 0.1) is 12.8 Å². The zero-order valence-electron chi connectivity index (χ0n) is 13.9. The summed E-state index contributed by atoms with van der Waals surface area (Å²) in [6.45, 7) is 2.72. The van der Waals surface area contributed by atoms with Crippen molar-refractivity contribution in [1.82, 2.24) is 4.57 Å². The normalized spacial score (nSPS) is 14.0. The van der Waals surface area contributed by atoms with Gasteiger partial charge in [-0.15, -0.1) is 11.3 Å². The maximum Gasteiger partial charge on any atom is 0.261 e. The molecule has 0 spiro atoms. The first-order valence-corrected chi connectivity index (χ1v) is 9.14. The number of rotatable bonds is 5. The molecule has 2 aromatic heterocycles. The Balaban J connectivity index is 1.88. The number of aromatic nitrogens is 1. The Labute approximate surface area is 149 Å². The van der Waals surface area contributed by atoms with E-state index in [1.165, 1.54) is 11.3 Å². The van der Waals surface area contributed by atoms with Gasteiger partial charge in [0.1, 0.15) is 9.71 Å². The first-order chi connectivity index (χ1) is 12.0. The molecule has 1 fully saturated rings. The van der Waals surface area contributed by atoms with Crippen molar-refractivity contribution in [3.8, 4) is 0 Å². The summed E-state index contributed by atoms with van der Waals surface area (Å²) >= 11 is 1.29. The second-order valence-electron chi connectivity index (χ2n) is 6.61. The Bertz CT molecular complexity index is 1030. The second-order valence-corrected chi connectivity index (χ2v) is 7.61. The van der Waals surface area contributed by atoms with Crippen LogP contribution in [0.3, 0.4) is 0 Å². The summed E-state index contributed by atoms with van der Waals surface area (Å²) in [5.41, 5.74) is 8.27. The van der Waals surface area contributed by atoms with Crippen LogP contribution in [-0.4, -0.2) is 10.5 Å². The van der Waals surface area contributed by atoms with Crippen molar-refractivity contribution in [3.63, 3.8) is 0 Å². The Morgan fingerprint density at radius 1 is 1.32 bits per heavy atom. The third-order valence-electron chi connectivity index (χ3n) is 4.48. The molecule has 1 aliphatic carbocycles. The van der Waals surface area contributed by atoms with Crippen LogP contribution in [0.25, 0.3) is 10.2 Å². The highest BCUT2D eigenvalue weighted by molar-refractivity contribution is 7.21. The number of primary amides is 1. The molecular weight excluding hydrogens is 334 g/mol. The van der Waals surface area contributed by atoms with Gasteiger partial charge < -0.3 is 11.1 Å². The Hall–Kier alpha value is -2.60. The van der Waals surface area contributed by atoms with Crippen LogP contribution in [0.1, 0.15) is 28.1 Å². The van der Waals surface area contributed by atoms with Gasteiger partial charge in [-0.2, -0.15) is 0 Å². The molecule has 0 bridgehead atoms. The number of nitrogens with one attached hydrogen (secondary N) is 1. The van der Waals surface area contributed by atoms with E-state index < -0.39 is 5.91 Å². The molecule has 3 aromatic rings. The van der Waals surface area contributed by atoms with Crippen LogP contribution in [-0.2, 0) is 6.54 Å². The molecule has 5 nitrogen and oxygen atoms in total. The topological polar surface area (TPSA) is 77.1 Å². The van der Waals surface area contributed by atoms with E-state index in [0.717, 1.165) is 34.3 Å². The zero-order chi connectivity index (χ0) is 17.6. The Morgan fingerprint density at radius 2 is 2.12 bits per heavy atom. The number of thiophene rings is 1. The fourth-order valence-electron chi connectivity index (χ4n) is 3.03. The molecule has 0 unspecified atom stereocenters. The van der Waals surface area contributed by atoms with E-state index in [4.69, 9.17) is 5.73 Å². The number of fused-ring (bicyclic) bond motifs is 1. The van der Waals surface area contributed by atoms with E-state index in [9.17, 15) is 9.59 Å². The molecule has 0 atom stereocenters. The summed E-state index contributed by atoms with van der Waals surface area (Å²) < 4.78 is 1.78. The molecule has 1 aliphatic rings. The number of hydrogen-bond acceptors (Lipinski definition) is 4. The number of hydrogen-bond donors (Lipinski definition) is 2. The van der Waals surface area contributed by atoms with Crippen molar-refractivity contribution < 1.29 is 4.79 Å². The molecule has 128 valence electrons. The van der Waals surface area contributed by atoms with Crippen LogP contribution in [0.2, 0.25) is 0 Å². The van der Waals surface area contributed by atoms with E-state index in [1.807, 2.05) is 31.2 Å². The van der Waals surface area contributed by atoms with Crippen LogP contribution in [0.5, 0.6) is 0 Å². The van der Waals surface area contributed by atoms with Crippen molar-refractivity contribution in [3.05, 3.63) is 57.2 Å². The Kier molecular flexibility index (Phi) is 3.84. The van der Waals surface area contributed by atoms with E-state index in [0.29, 0.717) is 23.0 Å². The number of anilines is 2. The lowest BCUT2D eigenvalue weighted by molar-refractivity contribution is 0.100. The number of carbonyl (C=O) groups excluding carboxylic acids is 1. The predicted molar refractivity (Wildman–Crippen MR) is 102 cm³/mol. The standard InChI is InChI=1S/C19H19N3O2S/c1-11-3-2-4-13(9-11)21-16-14-7-8-15(23)22(10-12-5-6-12)19(14)25-17(16)18(20)24/h2-4,7-9,12,21H,5-6,10H2,1H3,(H2,20,24). The average molecular weight is 353 g/mol. The summed E-state index contributed by atoms with van der Waals surface area (Å²) in [6.07, 6.45) is 2.32. The average Bonchev–Trinajstić information content (AvgIpc) is 3.31. The first-order valence-electron chi connectivity index (χ1n) is 8.33. The van der Waals surface area contributed by atoms with Gasteiger partial charge in [-0.05, 0) is 49.4 Å². The maximum absolute atomic E-state index is 12.3. The molecule has 6 heteroatoms. The zero-order valence-corrected chi connectivity index (χ0v) is 14.7. The number of benzene rings is 1. The minimum Gasteiger partial charge on any atom is -0.365 e. The molecule has 0 aliphatic heterocycles. The van der Waals surface area contributed by atoms with Crippen molar-refractivity contribution >= 4 is 38.8 Å². The summed E-state index contributed by atoms with van der Waals surface area (Å²) in [4.78, 5) is 25.6. The van der Waals surface area contributed by atoms with Gasteiger partial charge in [-0.25, -0.2) is 0 Å². The highest BCUT2D eigenvalue weighted by Crippen LogP contribution is 2.38. The van der Waals surface area contributed by atoms with Crippen molar-refractivity contribution in [1.29, 1.82) is 0 Å². The summed E-state index contributed by atoms with van der Waals surface area (Å²) in [6, 6.07) is 11.3. The largest absolute Gasteiger partial charge is 0.365 e. The minimum atomic E-state index is -0.484. The highest BCUT2D eigenvalue weighted by atomic mass is 32.1. The van der Waals surface area contributed by atoms with Gasteiger partial charge in [0.15, 0.2) is 0 Å². The van der Waals surface area contributed by atoms with Gasteiger partial charge >= 0.3 is 0 Å². The fourth-order valence-corrected chi connectivity index (χ4v) is 4.14. The maximum atomic E-state index is 12.3. The summed E-state index contributed by atoms with van der Waals surface area (Å²) in [7, 11) is 0. The highest BCUT2D eigenvalue weighted by Gasteiger charge is 2.25.